The smallest absolute Gasteiger partial charge is 0.332 e. The predicted molar refractivity (Wildman–Crippen MR) is 136 cm³/mol. The number of likely N-dealkylation sites (tertiary alicyclic amines) is 1. The van der Waals surface area contributed by atoms with E-state index in [1.165, 1.54) is 4.57 Å². The van der Waals surface area contributed by atoms with E-state index in [0.29, 0.717) is 36.1 Å². The van der Waals surface area contributed by atoms with Crippen molar-refractivity contribution >= 4 is 16.9 Å². The zero-order valence-electron chi connectivity index (χ0n) is 21.0. The van der Waals surface area contributed by atoms with Crippen LogP contribution in [0.3, 0.4) is 0 Å². The molecule has 3 aromatic heterocycles. The molecule has 4 aromatic rings. The second-order valence-corrected chi connectivity index (χ2v) is 9.43. The Morgan fingerprint density at radius 1 is 1.03 bits per heavy atom. The number of aromatic nitrogens is 4. The number of carbonyl (C=O) groups excluding carboxylic acids is 1. The van der Waals surface area contributed by atoms with E-state index >= 15 is 0 Å². The first-order valence-electron chi connectivity index (χ1n) is 12.2. The Hall–Kier alpha value is -4.01. The number of aryl methyl sites for hydroxylation is 4. The van der Waals surface area contributed by atoms with Crippen molar-refractivity contribution in [2.24, 2.45) is 7.05 Å². The summed E-state index contributed by atoms with van der Waals surface area (Å²) >= 11 is 0. The SMILES string of the molecule is Cc1cc(C(=O)N2CCCCC2)c2c(=O)n(Cc3nc(-c4ccccc4C)oc3C)c(=O)n(C)c2n1. The summed E-state index contributed by atoms with van der Waals surface area (Å²) in [7, 11) is 1.57. The largest absolute Gasteiger partial charge is 0.441 e. The summed E-state index contributed by atoms with van der Waals surface area (Å²) in [6, 6.07) is 9.37. The van der Waals surface area contributed by atoms with E-state index in [1.807, 2.05) is 31.2 Å². The molecule has 1 saturated heterocycles. The van der Waals surface area contributed by atoms with E-state index in [0.717, 1.165) is 35.0 Å². The van der Waals surface area contributed by atoms with E-state index < -0.39 is 11.2 Å². The van der Waals surface area contributed by atoms with E-state index in [1.54, 1.807) is 31.9 Å². The van der Waals surface area contributed by atoms with Crippen molar-refractivity contribution in [2.75, 3.05) is 13.1 Å². The summed E-state index contributed by atoms with van der Waals surface area (Å²) in [4.78, 5) is 51.3. The number of benzene rings is 1. The van der Waals surface area contributed by atoms with E-state index in [4.69, 9.17) is 4.42 Å². The van der Waals surface area contributed by atoms with Crippen LogP contribution in [0.4, 0.5) is 0 Å². The third-order valence-electron chi connectivity index (χ3n) is 6.87. The first kappa shape index (κ1) is 23.7. The Balaban J connectivity index is 1.64. The minimum atomic E-state index is -0.555. The molecule has 0 saturated carbocycles. The van der Waals surface area contributed by atoms with Gasteiger partial charge >= 0.3 is 5.69 Å². The lowest BCUT2D eigenvalue weighted by Crippen LogP contribution is -2.42. The molecule has 1 amide bonds. The molecular weight excluding hydrogens is 458 g/mol. The lowest BCUT2D eigenvalue weighted by atomic mass is 10.1. The number of rotatable bonds is 4. The fraction of sp³-hybridized carbons (Fsp3) is 0.370. The van der Waals surface area contributed by atoms with E-state index in [9.17, 15) is 14.4 Å². The number of fused-ring (bicyclic) bond motifs is 1. The van der Waals surface area contributed by atoms with Crippen LogP contribution in [-0.4, -0.2) is 43.0 Å². The maximum Gasteiger partial charge on any atom is 0.332 e. The van der Waals surface area contributed by atoms with E-state index in [2.05, 4.69) is 9.97 Å². The zero-order valence-corrected chi connectivity index (χ0v) is 21.0. The van der Waals surface area contributed by atoms with E-state index in [-0.39, 0.29) is 29.0 Å². The van der Waals surface area contributed by atoms with Crippen LogP contribution in [0.1, 0.15) is 52.3 Å². The molecule has 0 bridgehead atoms. The van der Waals surface area contributed by atoms with Crippen LogP contribution in [0.15, 0.2) is 44.3 Å². The van der Waals surface area contributed by atoms with Gasteiger partial charge in [-0.05, 0) is 57.7 Å². The van der Waals surface area contributed by atoms with Crippen molar-refractivity contribution < 1.29 is 9.21 Å². The molecule has 0 radical (unpaired) electrons. The van der Waals surface area contributed by atoms with Crippen molar-refractivity contribution in [3.8, 4) is 11.5 Å². The molecule has 1 aliphatic rings. The lowest BCUT2D eigenvalue weighted by Gasteiger charge is -2.27. The van der Waals surface area contributed by atoms with Gasteiger partial charge in [-0.3, -0.25) is 18.7 Å². The number of pyridine rings is 1. The number of oxazole rings is 1. The molecule has 0 spiro atoms. The third kappa shape index (κ3) is 4.04. The monoisotopic (exact) mass is 487 g/mol. The molecule has 0 aliphatic carbocycles. The molecule has 36 heavy (non-hydrogen) atoms. The van der Waals surface area contributed by atoms with Gasteiger partial charge in [-0.25, -0.2) is 14.8 Å². The van der Waals surface area contributed by atoms with Crippen molar-refractivity contribution in [1.29, 1.82) is 0 Å². The Bertz CT molecular complexity index is 1610. The number of carbonyl (C=O) groups is 1. The van der Waals surface area contributed by atoms with Gasteiger partial charge in [0.05, 0.1) is 17.5 Å². The molecule has 4 heterocycles. The van der Waals surface area contributed by atoms with Gasteiger partial charge in [0.15, 0.2) is 0 Å². The molecule has 1 fully saturated rings. The van der Waals surface area contributed by atoms with Crippen LogP contribution in [0.5, 0.6) is 0 Å². The molecule has 0 N–H and O–H groups in total. The first-order chi connectivity index (χ1) is 17.3. The number of amides is 1. The summed E-state index contributed by atoms with van der Waals surface area (Å²) in [6.07, 6.45) is 2.96. The molecule has 1 aromatic carbocycles. The standard InChI is InChI=1S/C27H29N5O4/c1-16-10-6-7-11-19(16)24-29-21(18(3)36-24)15-32-26(34)22-20(25(33)31-12-8-5-9-13-31)14-17(2)28-23(22)30(4)27(32)35/h6-7,10-11,14H,5,8-9,12-13,15H2,1-4H3. The molecule has 0 unspecified atom stereocenters. The van der Waals surface area contributed by atoms with Gasteiger partial charge in [-0.2, -0.15) is 0 Å². The third-order valence-corrected chi connectivity index (χ3v) is 6.87. The lowest BCUT2D eigenvalue weighted by molar-refractivity contribution is 0.0726. The van der Waals surface area contributed by atoms with Crippen molar-refractivity contribution in [1.82, 2.24) is 24.0 Å². The molecule has 0 atom stereocenters. The summed E-state index contributed by atoms with van der Waals surface area (Å²) < 4.78 is 8.34. The Morgan fingerprint density at radius 3 is 2.47 bits per heavy atom. The molecule has 1 aliphatic heterocycles. The first-order valence-corrected chi connectivity index (χ1v) is 12.2. The fourth-order valence-corrected chi connectivity index (χ4v) is 4.83. The van der Waals surface area contributed by atoms with Crippen LogP contribution >= 0.6 is 0 Å². The number of hydrogen-bond donors (Lipinski definition) is 0. The van der Waals surface area contributed by atoms with Crippen LogP contribution in [0, 0.1) is 20.8 Å². The summed E-state index contributed by atoms with van der Waals surface area (Å²) in [6.45, 7) is 6.72. The normalized spacial score (nSPS) is 13.9. The van der Waals surface area contributed by atoms with Gasteiger partial charge in [0.2, 0.25) is 5.89 Å². The van der Waals surface area contributed by atoms with Gasteiger partial charge in [-0.15, -0.1) is 0 Å². The maximum atomic E-state index is 13.7. The molecule has 186 valence electrons. The van der Waals surface area contributed by atoms with Crippen LogP contribution in [-0.2, 0) is 13.6 Å². The van der Waals surface area contributed by atoms with Crippen LogP contribution in [0.2, 0.25) is 0 Å². The summed E-state index contributed by atoms with van der Waals surface area (Å²) in [5.74, 6) is 0.755. The highest BCUT2D eigenvalue weighted by molar-refractivity contribution is 6.05. The average Bonchev–Trinajstić information content (AvgIpc) is 3.24. The maximum absolute atomic E-state index is 13.7. The van der Waals surface area contributed by atoms with Crippen molar-refractivity contribution in [3.05, 3.63) is 79.4 Å². The highest BCUT2D eigenvalue weighted by Crippen LogP contribution is 2.25. The topological polar surface area (TPSA) is 103 Å². The Labute approximate surface area is 208 Å². The second-order valence-electron chi connectivity index (χ2n) is 9.43. The summed E-state index contributed by atoms with van der Waals surface area (Å²) in [5.41, 5.74) is 2.32. The second kappa shape index (κ2) is 9.22. The highest BCUT2D eigenvalue weighted by Gasteiger charge is 2.25. The fourth-order valence-electron chi connectivity index (χ4n) is 4.83. The van der Waals surface area contributed by atoms with Gasteiger partial charge in [-0.1, -0.05) is 18.2 Å². The highest BCUT2D eigenvalue weighted by atomic mass is 16.4. The number of hydrogen-bond acceptors (Lipinski definition) is 6. The molecule has 5 rings (SSSR count). The number of piperidine rings is 1. The minimum absolute atomic E-state index is 0.0755. The Morgan fingerprint density at radius 2 is 1.75 bits per heavy atom. The molecule has 9 heteroatoms. The van der Waals surface area contributed by atoms with Crippen LogP contribution in [0.25, 0.3) is 22.5 Å². The Kier molecular flexibility index (Phi) is 6.07. The average molecular weight is 488 g/mol. The zero-order chi connectivity index (χ0) is 25.6. The van der Waals surface area contributed by atoms with Gasteiger partial charge in [0.1, 0.15) is 17.1 Å². The summed E-state index contributed by atoms with van der Waals surface area (Å²) in [5, 5.41) is 0.151. The molecular formula is C27H29N5O4. The molecule has 9 nitrogen and oxygen atoms in total. The van der Waals surface area contributed by atoms with Gasteiger partial charge in [0.25, 0.3) is 11.5 Å². The quantitative estimate of drug-likeness (QED) is 0.437. The van der Waals surface area contributed by atoms with Crippen LogP contribution < -0.4 is 11.2 Å². The van der Waals surface area contributed by atoms with Crippen molar-refractivity contribution in [2.45, 2.75) is 46.6 Å². The predicted octanol–water partition coefficient (Wildman–Crippen LogP) is 3.35. The number of nitrogens with zero attached hydrogens (tertiary/aromatic N) is 5. The van der Waals surface area contributed by atoms with Crippen molar-refractivity contribution in [3.63, 3.8) is 0 Å². The van der Waals surface area contributed by atoms with Gasteiger partial charge in [0, 0.05) is 31.4 Å². The minimum Gasteiger partial charge on any atom is -0.441 e. The van der Waals surface area contributed by atoms with Gasteiger partial charge < -0.3 is 9.32 Å².